The molecule has 0 saturated heterocycles. The quantitative estimate of drug-likeness (QED) is 0.572. The Labute approximate surface area is 105 Å². The van der Waals surface area contributed by atoms with E-state index < -0.39 is 0 Å². The molecule has 17 heavy (non-hydrogen) atoms. The average Bonchev–Trinajstić information content (AvgIpc) is 2.24. The van der Waals surface area contributed by atoms with Crippen molar-refractivity contribution < 1.29 is 0 Å². The van der Waals surface area contributed by atoms with Gasteiger partial charge >= 0.3 is 0 Å². The molecule has 0 aliphatic heterocycles. The number of nitrogens with one attached hydrogen (secondary N) is 2. The second-order valence-corrected chi connectivity index (χ2v) is 3.91. The molecule has 2 aromatic heterocycles. The second kappa shape index (κ2) is 5.90. The van der Waals surface area contributed by atoms with E-state index in [0.717, 1.165) is 0 Å². The summed E-state index contributed by atoms with van der Waals surface area (Å²) >= 11 is 3.13. The van der Waals surface area contributed by atoms with Gasteiger partial charge in [0.05, 0.1) is 4.47 Å². The summed E-state index contributed by atoms with van der Waals surface area (Å²) in [7, 11) is 0. The van der Waals surface area contributed by atoms with Gasteiger partial charge in [0, 0.05) is 12.1 Å². The molecule has 0 fully saturated rings. The van der Waals surface area contributed by atoms with Gasteiger partial charge in [-0.25, -0.2) is 0 Å². The number of hydrogen-bond acceptors (Lipinski definition) is 4. The number of nitrogen functional groups attached to an aromatic ring is 2. The van der Waals surface area contributed by atoms with Crippen LogP contribution in [-0.2, 0) is 0 Å². The van der Waals surface area contributed by atoms with Crippen LogP contribution < -0.4 is 22.6 Å². The van der Waals surface area contributed by atoms with Crippen LogP contribution >= 0.6 is 15.9 Å². The summed E-state index contributed by atoms with van der Waals surface area (Å²) in [5, 5.41) is 0. The van der Waals surface area contributed by atoms with Crippen LogP contribution in [0.1, 0.15) is 0 Å². The maximum atomic E-state index is 10.5. The summed E-state index contributed by atoms with van der Waals surface area (Å²) in [5.74, 6) is 0.764. The maximum absolute atomic E-state index is 10.5. The van der Waals surface area contributed by atoms with Crippen molar-refractivity contribution in [2.75, 3.05) is 11.5 Å². The molecule has 0 amide bonds. The standard InChI is InChI=1S/C5H5BrN2O.C5H6N2O/c6-3-1-2-4(9)8-5(3)7;6-4-2-1-3-5(8)7-4/h1-2H,(H3,7,8,9);1-3H,(H3,6,7,8). The van der Waals surface area contributed by atoms with Gasteiger partial charge in [0.25, 0.3) is 0 Å². The fourth-order valence-corrected chi connectivity index (χ4v) is 1.17. The molecule has 2 aromatic rings. The minimum absolute atomic E-state index is 0.162. The first-order valence-corrected chi connectivity index (χ1v) is 5.37. The van der Waals surface area contributed by atoms with Gasteiger partial charge in [0.15, 0.2) is 0 Å². The summed E-state index contributed by atoms with van der Waals surface area (Å²) in [6.45, 7) is 0. The van der Waals surface area contributed by atoms with E-state index in [1.165, 1.54) is 12.1 Å². The van der Waals surface area contributed by atoms with Gasteiger partial charge in [-0.15, -0.1) is 0 Å². The van der Waals surface area contributed by atoms with E-state index in [2.05, 4.69) is 25.9 Å². The number of hydrogen-bond donors (Lipinski definition) is 4. The molecule has 2 heterocycles. The highest BCUT2D eigenvalue weighted by Crippen LogP contribution is 2.11. The Balaban J connectivity index is 0.000000171. The van der Waals surface area contributed by atoms with Crippen LogP contribution in [0.2, 0.25) is 0 Å². The monoisotopic (exact) mass is 298 g/mol. The van der Waals surface area contributed by atoms with Crippen LogP contribution in [0.15, 0.2) is 44.4 Å². The first-order chi connectivity index (χ1) is 7.99. The molecule has 0 saturated carbocycles. The first-order valence-electron chi connectivity index (χ1n) is 4.58. The third-order valence-corrected chi connectivity index (χ3v) is 2.38. The smallest absolute Gasteiger partial charge is 0.249 e. The van der Waals surface area contributed by atoms with E-state index in [1.54, 1.807) is 18.2 Å². The van der Waals surface area contributed by atoms with Gasteiger partial charge in [-0.3, -0.25) is 9.59 Å². The summed E-state index contributed by atoms with van der Waals surface area (Å²) < 4.78 is 0.710. The molecule has 90 valence electrons. The fourth-order valence-electron chi connectivity index (χ4n) is 0.938. The zero-order chi connectivity index (χ0) is 12.8. The summed E-state index contributed by atoms with van der Waals surface area (Å²) in [4.78, 5) is 25.6. The minimum Gasteiger partial charge on any atom is -0.385 e. The highest BCUT2D eigenvalue weighted by atomic mass is 79.9. The Hall–Kier alpha value is -2.02. The van der Waals surface area contributed by atoms with Gasteiger partial charge in [-0.05, 0) is 28.1 Å². The van der Waals surface area contributed by atoms with Crippen molar-refractivity contribution >= 4 is 27.6 Å². The Morgan fingerprint density at radius 1 is 0.941 bits per heavy atom. The number of aromatic nitrogens is 2. The molecule has 0 aliphatic rings. The lowest BCUT2D eigenvalue weighted by molar-refractivity contribution is 1.24. The van der Waals surface area contributed by atoms with Gasteiger partial charge in [0.1, 0.15) is 11.6 Å². The van der Waals surface area contributed by atoms with Crippen LogP contribution in [-0.4, -0.2) is 9.97 Å². The Bertz CT molecular complexity index is 605. The molecule has 0 radical (unpaired) electrons. The summed E-state index contributed by atoms with van der Waals surface area (Å²) in [6.07, 6.45) is 0. The molecule has 0 aliphatic carbocycles. The minimum atomic E-state index is -0.185. The van der Waals surface area contributed by atoms with E-state index in [9.17, 15) is 9.59 Å². The number of anilines is 2. The van der Waals surface area contributed by atoms with Gasteiger partial charge in [-0.1, -0.05) is 6.07 Å². The SMILES string of the molecule is Nc1[nH]c(=O)ccc1Br.Nc1cccc(=O)[nH]1. The first kappa shape index (κ1) is 13.0. The lowest BCUT2D eigenvalue weighted by atomic mass is 10.5. The number of nitrogens with two attached hydrogens (primary N) is 2. The highest BCUT2D eigenvalue weighted by Gasteiger charge is 1.91. The van der Waals surface area contributed by atoms with E-state index in [0.29, 0.717) is 16.1 Å². The van der Waals surface area contributed by atoms with Crippen molar-refractivity contribution in [2.45, 2.75) is 0 Å². The summed E-state index contributed by atoms with van der Waals surface area (Å²) in [5.41, 5.74) is 10.2. The number of halogens is 1. The van der Waals surface area contributed by atoms with Crippen molar-refractivity contribution in [1.82, 2.24) is 9.97 Å². The molecular weight excluding hydrogens is 288 g/mol. The van der Waals surface area contributed by atoms with Crippen LogP contribution in [0.5, 0.6) is 0 Å². The third kappa shape index (κ3) is 4.56. The zero-order valence-corrected chi connectivity index (χ0v) is 10.3. The van der Waals surface area contributed by atoms with Gasteiger partial charge in [0.2, 0.25) is 11.1 Å². The number of aromatic amines is 2. The molecule has 2 rings (SSSR count). The van der Waals surface area contributed by atoms with Gasteiger partial charge in [-0.2, -0.15) is 0 Å². The normalized spacial score (nSPS) is 9.24. The molecule has 0 bridgehead atoms. The highest BCUT2D eigenvalue weighted by molar-refractivity contribution is 9.10. The van der Waals surface area contributed by atoms with E-state index in [-0.39, 0.29) is 11.1 Å². The molecule has 0 unspecified atom stereocenters. The Morgan fingerprint density at radius 2 is 1.59 bits per heavy atom. The molecule has 7 heteroatoms. The number of rotatable bonds is 0. The third-order valence-electron chi connectivity index (χ3n) is 1.69. The van der Waals surface area contributed by atoms with Crippen LogP contribution in [0.25, 0.3) is 0 Å². The topological polar surface area (TPSA) is 118 Å². The predicted molar refractivity (Wildman–Crippen MR) is 70.7 cm³/mol. The van der Waals surface area contributed by atoms with E-state index in [4.69, 9.17) is 11.5 Å². The lowest BCUT2D eigenvalue weighted by Gasteiger charge is -1.92. The van der Waals surface area contributed by atoms with Crippen molar-refractivity contribution in [3.63, 3.8) is 0 Å². The predicted octanol–water partition coefficient (Wildman–Crippen LogP) is 0.677. The van der Waals surface area contributed by atoms with Gasteiger partial charge < -0.3 is 21.4 Å². The largest absolute Gasteiger partial charge is 0.385 e. The lowest BCUT2D eigenvalue weighted by Crippen LogP contribution is -2.06. The average molecular weight is 299 g/mol. The molecular formula is C10H11BrN4O2. The van der Waals surface area contributed by atoms with Crippen LogP contribution in [0.4, 0.5) is 11.6 Å². The van der Waals surface area contributed by atoms with E-state index >= 15 is 0 Å². The number of pyridine rings is 2. The zero-order valence-electron chi connectivity index (χ0n) is 8.74. The van der Waals surface area contributed by atoms with Crippen molar-refractivity contribution in [3.05, 3.63) is 55.5 Å². The molecule has 0 aromatic carbocycles. The van der Waals surface area contributed by atoms with Crippen molar-refractivity contribution in [3.8, 4) is 0 Å². The Kier molecular flexibility index (Phi) is 4.53. The Morgan fingerprint density at radius 3 is 2.00 bits per heavy atom. The van der Waals surface area contributed by atoms with Crippen molar-refractivity contribution in [1.29, 1.82) is 0 Å². The van der Waals surface area contributed by atoms with E-state index in [1.807, 2.05) is 0 Å². The van der Waals surface area contributed by atoms with Crippen LogP contribution in [0, 0.1) is 0 Å². The maximum Gasteiger partial charge on any atom is 0.249 e. The fraction of sp³-hybridized carbons (Fsp3) is 0. The van der Waals surface area contributed by atoms with Crippen molar-refractivity contribution in [2.24, 2.45) is 0 Å². The molecule has 0 spiro atoms. The molecule has 6 N–H and O–H groups in total. The number of H-pyrrole nitrogens is 2. The second-order valence-electron chi connectivity index (χ2n) is 3.05. The van der Waals surface area contributed by atoms with Crippen LogP contribution in [0.3, 0.4) is 0 Å². The molecule has 0 atom stereocenters. The summed E-state index contributed by atoms with van der Waals surface area (Å²) in [6, 6.07) is 7.65. The molecule has 6 nitrogen and oxygen atoms in total.